The first-order chi connectivity index (χ1) is 13.7. The predicted octanol–water partition coefficient (Wildman–Crippen LogP) is 6.20. The molecule has 0 atom stereocenters. The minimum atomic E-state index is -1.06. The summed E-state index contributed by atoms with van der Waals surface area (Å²) in [5.74, 6) is 0.368. The Kier molecular flexibility index (Phi) is 17.0. The van der Waals surface area contributed by atoms with Crippen molar-refractivity contribution < 1.29 is 19.1 Å². The van der Waals surface area contributed by atoms with Gasteiger partial charge in [-0.25, -0.2) is 4.79 Å². The van der Waals surface area contributed by atoms with E-state index in [4.69, 9.17) is 14.3 Å². The molecule has 0 radical (unpaired) electrons. The summed E-state index contributed by atoms with van der Waals surface area (Å²) in [7, 11) is 3.75. The number of allylic oxidation sites excluding steroid dienone is 8. The fourth-order valence-corrected chi connectivity index (χ4v) is 1.75. The molecule has 0 fully saturated rings. The van der Waals surface area contributed by atoms with Crippen LogP contribution in [0.3, 0.4) is 0 Å². The summed E-state index contributed by atoms with van der Waals surface area (Å²) >= 11 is 0. The first kappa shape index (κ1) is 28.4. The summed E-state index contributed by atoms with van der Waals surface area (Å²) in [4.78, 5) is 10.7. The maximum atomic E-state index is 10.7. The number of carboxylic acid groups (broad SMARTS) is 1. The van der Waals surface area contributed by atoms with Crippen molar-refractivity contribution in [2.75, 3.05) is 14.1 Å². The van der Waals surface area contributed by atoms with E-state index in [0.29, 0.717) is 12.4 Å². The van der Waals surface area contributed by atoms with Gasteiger partial charge in [0, 0.05) is 12.0 Å². The zero-order valence-corrected chi connectivity index (χ0v) is 19.0. The summed E-state index contributed by atoms with van der Waals surface area (Å²) < 4.78 is 10.6. The van der Waals surface area contributed by atoms with E-state index in [1.54, 1.807) is 6.92 Å². The summed E-state index contributed by atoms with van der Waals surface area (Å²) in [6.07, 6.45) is 10.6. The zero-order valence-electron chi connectivity index (χ0n) is 19.0. The Hall–Kier alpha value is -2.79. The van der Waals surface area contributed by atoms with Crippen molar-refractivity contribution in [3.05, 3.63) is 83.6 Å². The van der Waals surface area contributed by atoms with Crippen LogP contribution >= 0.6 is 0 Å². The molecule has 0 aliphatic carbocycles. The molecule has 1 aromatic rings. The van der Waals surface area contributed by atoms with Crippen LogP contribution in [-0.4, -0.2) is 25.2 Å². The van der Waals surface area contributed by atoms with E-state index < -0.39 is 5.97 Å². The minimum Gasteiger partial charge on any atom is -0.493 e. The number of carbonyl (C=O) groups is 1. The lowest BCUT2D eigenvalue weighted by Gasteiger charge is -2.06. The van der Waals surface area contributed by atoms with Crippen molar-refractivity contribution in [2.24, 2.45) is 0 Å². The van der Waals surface area contributed by atoms with Gasteiger partial charge >= 0.3 is 5.97 Å². The molecule has 0 bridgehead atoms. The first-order valence-electron chi connectivity index (χ1n) is 9.51. The molecule has 162 valence electrons. The summed E-state index contributed by atoms with van der Waals surface area (Å²) in [6.45, 7) is 17.5. The van der Waals surface area contributed by atoms with E-state index in [1.807, 2.05) is 72.2 Å². The van der Waals surface area contributed by atoms with Gasteiger partial charge in [-0.2, -0.15) is 0 Å². The molecule has 1 rings (SSSR count). The van der Waals surface area contributed by atoms with Crippen molar-refractivity contribution in [3.8, 4) is 0 Å². The van der Waals surface area contributed by atoms with Crippen LogP contribution < -0.4 is 5.32 Å². The van der Waals surface area contributed by atoms with Gasteiger partial charge in [-0.15, -0.1) is 0 Å². The Bertz CT molecular complexity index is 721. The lowest BCUT2D eigenvalue weighted by atomic mass is 10.1. The highest BCUT2D eigenvalue weighted by Crippen LogP contribution is 2.17. The van der Waals surface area contributed by atoms with Crippen molar-refractivity contribution in [3.63, 3.8) is 0 Å². The second kappa shape index (κ2) is 17.3. The molecular weight excluding hydrogens is 366 g/mol. The van der Waals surface area contributed by atoms with Crippen LogP contribution in [0.25, 0.3) is 0 Å². The molecule has 1 heterocycles. The van der Waals surface area contributed by atoms with E-state index in [2.05, 4.69) is 18.5 Å². The monoisotopic (exact) mass is 403 g/mol. The van der Waals surface area contributed by atoms with Gasteiger partial charge in [0.15, 0.2) is 0 Å². The number of hydrogen-bond donors (Lipinski definition) is 2. The smallest absolute Gasteiger partial charge is 0.371 e. The van der Waals surface area contributed by atoms with Crippen molar-refractivity contribution in [1.82, 2.24) is 5.32 Å². The number of furan rings is 1. The highest BCUT2D eigenvalue weighted by molar-refractivity contribution is 5.84. The van der Waals surface area contributed by atoms with E-state index in [9.17, 15) is 4.79 Å². The molecule has 29 heavy (non-hydrogen) atoms. The standard InChI is InChI=1S/C12H16O4.C10H14.C2H7N/c1-4-10(5-2)15-7-9-6-11(12(13)14)16-8(9)3;1-5-6-7-8-10(4)9(2)3;1-3-2/h4,6H,5,7H2,1-3H3,(H,13,14);5-8H,2,4H2,1,3H3;3H,1-2H3/b10-4+;6-5-,8-7-;. The van der Waals surface area contributed by atoms with E-state index in [1.165, 1.54) is 6.07 Å². The minimum absolute atomic E-state index is 0.0466. The molecule has 0 saturated heterocycles. The highest BCUT2D eigenvalue weighted by atomic mass is 16.5. The van der Waals surface area contributed by atoms with Crippen molar-refractivity contribution >= 4 is 5.97 Å². The third kappa shape index (κ3) is 13.9. The van der Waals surface area contributed by atoms with Crippen LogP contribution in [0.1, 0.15) is 56.0 Å². The predicted molar refractivity (Wildman–Crippen MR) is 122 cm³/mol. The highest BCUT2D eigenvalue weighted by Gasteiger charge is 2.13. The number of aromatic carboxylic acids is 1. The number of hydrogen-bond acceptors (Lipinski definition) is 4. The van der Waals surface area contributed by atoms with Crippen LogP contribution in [0.2, 0.25) is 0 Å². The molecule has 1 aromatic heterocycles. The average Bonchev–Trinajstić information content (AvgIpc) is 3.05. The maximum Gasteiger partial charge on any atom is 0.371 e. The fourth-order valence-electron chi connectivity index (χ4n) is 1.75. The fraction of sp³-hybridized carbons (Fsp3) is 0.375. The Morgan fingerprint density at radius 2 is 1.86 bits per heavy atom. The molecule has 0 unspecified atom stereocenters. The zero-order chi connectivity index (χ0) is 22.8. The van der Waals surface area contributed by atoms with Gasteiger partial charge in [0.1, 0.15) is 12.4 Å². The maximum absolute atomic E-state index is 10.7. The normalized spacial score (nSPS) is 10.8. The van der Waals surface area contributed by atoms with Gasteiger partial charge in [-0.1, -0.05) is 50.0 Å². The van der Waals surface area contributed by atoms with Crippen LogP contribution in [0.5, 0.6) is 0 Å². The largest absolute Gasteiger partial charge is 0.493 e. The molecular formula is C24H37NO4. The molecule has 5 nitrogen and oxygen atoms in total. The molecule has 5 heteroatoms. The second-order valence-electron chi connectivity index (χ2n) is 6.08. The Labute approximate surface area is 176 Å². The number of ether oxygens (including phenoxy) is 1. The van der Waals surface area contributed by atoms with Crippen LogP contribution in [0, 0.1) is 6.92 Å². The van der Waals surface area contributed by atoms with Gasteiger partial charge in [0.25, 0.3) is 0 Å². The van der Waals surface area contributed by atoms with Gasteiger partial charge in [-0.3, -0.25) is 0 Å². The lowest BCUT2D eigenvalue weighted by molar-refractivity contribution is 0.0661. The lowest BCUT2D eigenvalue weighted by Crippen LogP contribution is -1.94. The average molecular weight is 404 g/mol. The van der Waals surface area contributed by atoms with E-state index >= 15 is 0 Å². The number of rotatable bonds is 8. The Balaban J connectivity index is 0. The third-order valence-corrected chi connectivity index (χ3v) is 3.46. The molecule has 0 aliphatic rings. The number of nitrogens with one attached hydrogen (secondary N) is 1. The molecule has 0 aromatic carbocycles. The molecule has 2 N–H and O–H groups in total. The summed E-state index contributed by atoms with van der Waals surface area (Å²) in [6, 6.07) is 1.50. The molecule has 0 amide bonds. The van der Waals surface area contributed by atoms with Crippen LogP contribution in [0.4, 0.5) is 0 Å². The Morgan fingerprint density at radius 1 is 1.28 bits per heavy atom. The van der Waals surface area contributed by atoms with Gasteiger partial charge in [-0.05, 0) is 59.5 Å². The quantitative estimate of drug-likeness (QED) is 0.399. The topological polar surface area (TPSA) is 71.7 Å². The van der Waals surface area contributed by atoms with Crippen LogP contribution in [-0.2, 0) is 11.3 Å². The molecule has 0 aliphatic heterocycles. The van der Waals surface area contributed by atoms with Gasteiger partial charge < -0.3 is 19.6 Å². The van der Waals surface area contributed by atoms with Gasteiger partial charge in [0.05, 0.1) is 5.76 Å². The van der Waals surface area contributed by atoms with E-state index in [-0.39, 0.29) is 5.76 Å². The SMILES string of the molecule is C/C=C(\CC)OCc1cc(C(=O)O)oc1C.C=C(C)C(=C)/C=C\C=C/C.CNC. The first-order valence-corrected chi connectivity index (χ1v) is 9.51. The molecule has 0 spiro atoms. The van der Waals surface area contributed by atoms with Gasteiger partial charge in [0.2, 0.25) is 5.76 Å². The number of aryl methyl sites for hydroxylation is 1. The third-order valence-electron chi connectivity index (χ3n) is 3.46. The second-order valence-corrected chi connectivity index (χ2v) is 6.08. The van der Waals surface area contributed by atoms with Crippen molar-refractivity contribution in [1.29, 1.82) is 0 Å². The Morgan fingerprint density at radius 3 is 2.24 bits per heavy atom. The van der Waals surface area contributed by atoms with E-state index in [0.717, 1.165) is 28.9 Å². The number of carboxylic acids is 1. The summed E-state index contributed by atoms with van der Waals surface area (Å²) in [5, 5.41) is 11.5. The van der Waals surface area contributed by atoms with Crippen LogP contribution in [0.15, 0.2) is 70.9 Å². The van der Waals surface area contributed by atoms with Crippen molar-refractivity contribution in [2.45, 2.75) is 47.6 Å². The summed E-state index contributed by atoms with van der Waals surface area (Å²) in [5.41, 5.74) is 2.77. The molecule has 0 saturated carbocycles.